The van der Waals surface area contributed by atoms with Gasteiger partial charge in [0.1, 0.15) is 17.5 Å². The first kappa shape index (κ1) is 19.3. The van der Waals surface area contributed by atoms with E-state index in [9.17, 15) is 13.2 Å². The lowest BCUT2D eigenvalue weighted by Crippen LogP contribution is -2.37. The third-order valence-corrected chi connectivity index (χ3v) is 6.21. The molecule has 0 N–H and O–H groups in total. The molecule has 0 aliphatic carbocycles. The molecule has 1 saturated heterocycles. The van der Waals surface area contributed by atoms with Gasteiger partial charge in [0.15, 0.2) is 15.5 Å². The van der Waals surface area contributed by atoms with Gasteiger partial charge in [-0.1, -0.05) is 0 Å². The van der Waals surface area contributed by atoms with Crippen molar-refractivity contribution in [1.29, 1.82) is 0 Å². The zero-order chi connectivity index (χ0) is 20.6. The molecular formula is C19H21N5O4S. The van der Waals surface area contributed by atoms with Crippen molar-refractivity contribution in [3.63, 3.8) is 0 Å². The summed E-state index contributed by atoms with van der Waals surface area (Å²) >= 11 is 0. The van der Waals surface area contributed by atoms with Crippen LogP contribution in [0.1, 0.15) is 25.8 Å². The average molecular weight is 415 g/mol. The molecule has 1 fully saturated rings. The third kappa shape index (κ3) is 3.93. The van der Waals surface area contributed by atoms with Gasteiger partial charge < -0.3 is 9.64 Å². The summed E-state index contributed by atoms with van der Waals surface area (Å²) < 4.78 is 30.9. The lowest BCUT2D eigenvalue weighted by atomic mass is 10.1. The fourth-order valence-electron chi connectivity index (χ4n) is 3.48. The molecular weight excluding hydrogens is 394 g/mol. The van der Waals surface area contributed by atoms with Gasteiger partial charge in [0.25, 0.3) is 0 Å². The summed E-state index contributed by atoms with van der Waals surface area (Å²) in [6.07, 6.45) is 5.87. The number of amides is 1. The fourth-order valence-corrected chi connectivity index (χ4v) is 4.11. The van der Waals surface area contributed by atoms with Gasteiger partial charge in [-0.05, 0) is 37.1 Å². The van der Waals surface area contributed by atoms with Crippen LogP contribution in [0.25, 0.3) is 11.0 Å². The van der Waals surface area contributed by atoms with E-state index in [1.807, 2.05) is 9.58 Å². The predicted octanol–water partition coefficient (Wildman–Crippen LogP) is 2.21. The van der Waals surface area contributed by atoms with Gasteiger partial charge in [-0.25, -0.2) is 23.1 Å². The highest BCUT2D eigenvalue weighted by atomic mass is 32.2. The number of fused-ring (bicyclic) bond motifs is 1. The molecule has 29 heavy (non-hydrogen) atoms. The molecule has 1 aliphatic heterocycles. The Bertz CT molecular complexity index is 1150. The Morgan fingerprint density at radius 1 is 1.14 bits per heavy atom. The van der Waals surface area contributed by atoms with Crippen LogP contribution in [-0.4, -0.2) is 58.3 Å². The zero-order valence-corrected chi connectivity index (χ0v) is 17.0. The number of ether oxygens (including phenoxy) is 1. The van der Waals surface area contributed by atoms with E-state index >= 15 is 0 Å². The number of hydrogen-bond donors (Lipinski definition) is 0. The van der Waals surface area contributed by atoms with Crippen LogP contribution in [0.15, 0.2) is 41.7 Å². The zero-order valence-electron chi connectivity index (χ0n) is 16.1. The smallest absolute Gasteiger partial charge is 0.233 e. The maximum absolute atomic E-state index is 11.6. The molecule has 1 aromatic carbocycles. The molecule has 1 amide bonds. The molecule has 0 atom stereocenters. The summed E-state index contributed by atoms with van der Waals surface area (Å²) in [5.41, 5.74) is 0.670. The highest BCUT2D eigenvalue weighted by molar-refractivity contribution is 7.90. The topological polar surface area (TPSA) is 107 Å². The minimum Gasteiger partial charge on any atom is -0.438 e. The Kier molecular flexibility index (Phi) is 4.95. The van der Waals surface area contributed by atoms with Crippen molar-refractivity contribution < 1.29 is 17.9 Å². The second-order valence-electron chi connectivity index (χ2n) is 7.09. The summed E-state index contributed by atoms with van der Waals surface area (Å²) in [7, 11) is -3.26. The molecule has 152 valence electrons. The Morgan fingerprint density at radius 2 is 1.83 bits per heavy atom. The summed E-state index contributed by atoms with van der Waals surface area (Å²) in [4.78, 5) is 22.2. The number of aromatic nitrogens is 4. The van der Waals surface area contributed by atoms with Gasteiger partial charge in [0, 0.05) is 26.3 Å². The van der Waals surface area contributed by atoms with E-state index in [1.165, 1.54) is 18.5 Å². The molecule has 1 aliphatic rings. The quantitative estimate of drug-likeness (QED) is 0.643. The lowest BCUT2D eigenvalue weighted by molar-refractivity contribution is -0.130. The monoisotopic (exact) mass is 415 g/mol. The van der Waals surface area contributed by atoms with Crippen molar-refractivity contribution in [3.05, 3.63) is 36.8 Å². The van der Waals surface area contributed by atoms with Crippen molar-refractivity contribution in [1.82, 2.24) is 24.6 Å². The molecule has 4 rings (SSSR count). The van der Waals surface area contributed by atoms with Crippen molar-refractivity contribution in [2.24, 2.45) is 0 Å². The predicted molar refractivity (Wildman–Crippen MR) is 105 cm³/mol. The van der Waals surface area contributed by atoms with Crippen LogP contribution in [-0.2, 0) is 14.6 Å². The number of carbonyl (C=O) groups excluding carboxylic acids is 1. The number of benzene rings is 1. The molecule has 0 radical (unpaired) electrons. The Labute approximate surface area is 168 Å². The van der Waals surface area contributed by atoms with Gasteiger partial charge in [0.2, 0.25) is 11.8 Å². The van der Waals surface area contributed by atoms with Crippen LogP contribution < -0.4 is 4.74 Å². The number of nitrogens with zero attached hydrogens (tertiary/aromatic N) is 5. The number of sulfone groups is 1. The van der Waals surface area contributed by atoms with Crippen LogP contribution in [0.2, 0.25) is 0 Å². The van der Waals surface area contributed by atoms with Gasteiger partial charge in [0.05, 0.1) is 17.1 Å². The molecule has 3 heterocycles. The Balaban J connectivity index is 1.57. The first-order chi connectivity index (χ1) is 13.8. The van der Waals surface area contributed by atoms with Crippen molar-refractivity contribution in [3.8, 4) is 11.6 Å². The minimum absolute atomic E-state index is 0.0914. The normalized spacial score (nSPS) is 15.6. The van der Waals surface area contributed by atoms with Crippen molar-refractivity contribution in [2.45, 2.75) is 30.7 Å². The molecule has 2 aromatic heterocycles. The Morgan fingerprint density at radius 3 is 2.45 bits per heavy atom. The molecule has 0 unspecified atom stereocenters. The van der Waals surface area contributed by atoms with Crippen LogP contribution >= 0.6 is 0 Å². The first-order valence-corrected chi connectivity index (χ1v) is 11.1. The molecule has 10 heteroatoms. The van der Waals surface area contributed by atoms with Crippen LogP contribution in [0.5, 0.6) is 11.6 Å². The number of piperidine rings is 1. The first-order valence-electron chi connectivity index (χ1n) is 9.24. The largest absolute Gasteiger partial charge is 0.438 e. The molecule has 9 nitrogen and oxygen atoms in total. The van der Waals surface area contributed by atoms with Crippen molar-refractivity contribution >= 4 is 26.8 Å². The van der Waals surface area contributed by atoms with E-state index < -0.39 is 9.84 Å². The molecule has 0 saturated carbocycles. The molecule has 0 spiro atoms. The van der Waals surface area contributed by atoms with Gasteiger partial charge in [-0.15, -0.1) is 0 Å². The number of carbonyl (C=O) groups is 1. The average Bonchev–Trinajstić information content (AvgIpc) is 3.13. The van der Waals surface area contributed by atoms with E-state index in [0.717, 1.165) is 19.1 Å². The highest BCUT2D eigenvalue weighted by Crippen LogP contribution is 2.30. The SMILES string of the molecule is CC(=O)N1CCC(n2ncc3c(Oc4ccc(S(C)(=O)=O)cc4)ncnc32)CC1. The van der Waals surface area contributed by atoms with Gasteiger partial charge in [-0.3, -0.25) is 4.79 Å². The number of likely N-dealkylation sites (tertiary alicyclic amines) is 1. The van der Waals surface area contributed by atoms with E-state index in [-0.39, 0.29) is 16.8 Å². The highest BCUT2D eigenvalue weighted by Gasteiger charge is 2.25. The Hall–Kier alpha value is -3.01. The summed E-state index contributed by atoms with van der Waals surface area (Å²) in [5.74, 6) is 0.920. The van der Waals surface area contributed by atoms with Gasteiger partial charge in [-0.2, -0.15) is 5.10 Å². The third-order valence-electron chi connectivity index (χ3n) is 5.08. The second-order valence-corrected chi connectivity index (χ2v) is 9.10. The summed E-state index contributed by atoms with van der Waals surface area (Å²) in [6, 6.07) is 6.32. The molecule has 3 aromatic rings. The van der Waals surface area contributed by atoms with E-state index in [1.54, 1.807) is 25.3 Å². The van der Waals surface area contributed by atoms with E-state index in [2.05, 4.69) is 15.1 Å². The fraction of sp³-hybridized carbons (Fsp3) is 0.368. The van der Waals surface area contributed by atoms with E-state index in [0.29, 0.717) is 35.8 Å². The summed E-state index contributed by atoms with van der Waals surface area (Å²) in [5, 5.41) is 5.16. The van der Waals surface area contributed by atoms with E-state index in [4.69, 9.17) is 4.74 Å². The van der Waals surface area contributed by atoms with Gasteiger partial charge >= 0.3 is 0 Å². The van der Waals surface area contributed by atoms with Crippen LogP contribution in [0.4, 0.5) is 0 Å². The maximum Gasteiger partial charge on any atom is 0.233 e. The summed E-state index contributed by atoms with van der Waals surface area (Å²) in [6.45, 7) is 2.98. The number of rotatable bonds is 4. The number of hydrogen-bond acceptors (Lipinski definition) is 7. The maximum atomic E-state index is 11.6. The molecule has 0 bridgehead atoms. The lowest BCUT2D eigenvalue weighted by Gasteiger charge is -2.31. The standard InChI is InChI=1S/C19H21N5O4S/c1-13(25)23-9-7-14(8-10-23)24-18-17(11-22-24)19(21-12-20-18)28-15-3-5-16(6-4-15)29(2,26)27/h3-6,11-12,14H,7-10H2,1-2H3. The van der Waals surface area contributed by atoms with Crippen LogP contribution in [0.3, 0.4) is 0 Å². The second kappa shape index (κ2) is 7.43. The minimum atomic E-state index is -3.26. The van der Waals surface area contributed by atoms with Crippen molar-refractivity contribution in [2.75, 3.05) is 19.3 Å². The van der Waals surface area contributed by atoms with Crippen LogP contribution in [0, 0.1) is 0 Å².